The second kappa shape index (κ2) is 8.62. The van der Waals surface area contributed by atoms with Gasteiger partial charge in [0.1, 0.15) is 5.82 Å². The van der Waals surface area contributed by atoms with Crippen molar-refractivity contribution in [1.82, 2.24) is 0 Å². The van der Waals surface area contributed by atoms with Crippen molar-refractivity contribution in [3.8, 4) is 11.5 Å². The Morgan fingerprint density at radius 3 is 2.45 bits per heavy atom. The number of rotatable bonds is 5. The first-order valence-corrected chi connectivity index (χ1v) is 9.27. The number of carbonyl (C=O) groups excluding carboxylic acids is 2. The number of methoxy groups -OCH3 is 1. The van der Waals surface area contributed by atoms with E-state index in [0.29, 0.717) is 22.4 Å². The molecule has 0 aliphatic carbocycles. The fourth-order valence-electron chi connectivity index (χ4n) is 2.87. The van der Waals surface area contributed by atoms with E-state index in [9.17, 15) is 14.0 Å². The van der Waals surface area contributed by atoms with Gasteiger partial charge in [0, 0.05) is 5.56 Å². The Labute approximate surface area is 177 Å². The van der Waals surface area contributed by atoms with Gasteiger partial charge in [0.25, 0.3) is 0 Å². The molecule has 0 radical (unpaired) electrons. The Morgan fingerprint density at radius 2 is 1.74 bits per heavy atom. The standard InChI is InChI=1S/C24H16FNO5/c1-29-21-14-15(7-12-20(21)30-23(27)17-5-3-2-4-6-17)13-19-24(28)31-22(26-19)16-8-10-18(25)11-9-16/h2-14H,1H3/b19-13-. The fraction of sp³-hybridized carbons (Fsp3) is 0.0417. The molecule has 4 rings (SSSR count). The van der Waals surface area contributed by atoms with Crippen LogP contribution in [0.5, 0.6) is 11.5 Å². The number of carbonyl (C=O) groups is 2. The number of aliphatic imine (C=N–C) groups is 1. The summed E-state index contributed by atoms with van der Waals surface area (Å²) in [6, 6.07) is 18.9. The predicted octanol–water partition coefficient (Wildman–Crippen LogP) is 4.40. The lowest BCUT2D eigenvalue weighted by atomic mass is 10.1. The average Bonchev–Trinajstić information content (AvgIpc) is 3.15. The molecule has 0 N–H and O–H groups in total. The summed E-state index contributed by atoms with van der Waals surface area (Å²) >= 11 is 0. The van der Waals surface area contributed by atoms with Crippen LogP contribution in [0.1, 0.15) is 21.5 Å². The van der Waals surface area contributed by atoms with E-state index < -0.39 is 17.8 Å². The molecule has 0 amide bonds. The summed E-state index contributed by atoms with van der Waals surface area (Å²) in [6.07, 6.45) is 1.52. The maximum Gasteiger partial charge on any atom is 0.363 e. The second-order valence-corrected chi connectivity index (χ2v) is 6.51. The summed E-state index contributed by atoms with van der Waals surface area (Å²) < 4.78 is 29.0. The van der Waals surface area contributed by atoms with E-state index in [0.717, 1.165) is 0 Å². The Kier molecular flexibility index (Phi) is 5.57. The van der Waals surface area contributed by atoms with Crippen LogP contribution in [0.3, 0.4) is 0 Å². The highest BCUT2D eigenvalue weighted by molar-refractivity contribution is 6.12. The van der Waals surface area contributed by atoms with Crippen molar-refractivity contribution in [3.63, 3.8) is 0 Å². The second-order valence-electron chi connectivity index (χ2n) is 6.51. The van der Waals surface area contributed by atoms with Crippen LogP contribution in [0.2, 0.25) is 0 Å². The minimum absolute atomic E-state index is 0.0791. The molecule has 0 spiro atoms. The molecule has 0 fully saturated rings. The van der Waals surface area contributed by atoms with Gasteiger partial charge in [0.2, 0.25) is 5.90 Å². The number of benzene rings is 3. The first-order valence-electron chi connectivity index (χ1n) is 9.27. The van der Waals surface area contributed by atoms with Crippen molar-refractivity contribution >= 4 is 23.9 Å². The molecular weight excluding hydrogens is 401 g/mol. The van der Waals surface area contributed by atoms with Crippen LogP contribution in [0.25, 0.3) is 6.08 Å². The molecule has 0 saturated carbocycles. The number of esters is 2. The van der Waals surface area contributed by atoms with Gasteiger partial charge >= 0.3 is 11.9 Å². The largest absolute Gasteiger partial charge is 0.493 e. The third kappa shape index (κ3) is 4.51. The molecule has 1 aliphatic rings. The highest BCUT2D eigenvalue weighted by Gasteiger charge is 2.24. The van der Waals surface area contributed by atoms with Crippen LogP contribution in [0, 0.1) is 5.82 Å². The molecule has 0 atom stereocenters. The van der Waals surface area contributed by atoms with Gasteiger partial charge in [-0.05, 0) is 60.2 Å². The number of hydrogen-bond acceptors (Lipinski definition) is 6. The maximum atomic E-state index is 13.1. The van der Waals surface area contributed by atoms with Crippen molar-refractivity contribution in [2.45, 2.75) is 0 Å². The van der Waals surface area contributed by atoms with Gasteiger partial charge in [-0.2, -0.15) is 0 Å². The first-order chi connectivity index (χ1) is 15.0. The highest BCUT2D eigenvalue weighted by atomic mass is 19.1. The number of ether oxygens (including phenoxy) is 3. The van der Waals surface area contributed by atoms with Crippen molar-refractivity contribution < 1.29 is 28.2 Å². The van der Waals surface area contributed by atoms with Crippen LogP contribution in [0.4, 0.5) is 4.39 Å². The molecule has 1 aliphatic heterocycles. The monoisotopic (exact) mass is 417 g/mol. The molecule has 154 valence electrons. The lowest BCUT2D eigenvalue weighted by Gasteiger charge is -2.10. The van der Waals surface area contributed by atoms with Gasteiger partial charge in [-0.3, -0.25) is 0 Å². The van der Waals surface area contributed by atoms with Crippen LogP contribution in [-0.4, -0.2) is 24.9 Å². The maximum absolute atomic E-state index is 13.1. The molecule has 31 heavy (non-hydrogen) atoms. The van der Waals surface area contributed by atoms with Crippen molar-refractivity contribution in [3.05, 3.63) is 101 Å². The summed E-state index contributed by atoms with van der Waals surface area (Å²) in [6.45, 7) is 0. The summed E-state index contributed by atoms with van der Waals surface area (Å²) in [4.78, 5) is 28.6. The van der Waals surface area contributed by atoms with Gasteiger partial charge in [0.15, 0.2) is 17.2 Å². The van der Waals surface area contributed by atoms with Crippen molar-refractivity contribution in [1.29, 1.82) is 0 Å². The molecule has 7 heteroatoms. The molecule has 0 unspecified atom stereocenters. The quantitative estimate of drug-likeness (QED) is 0.350. The third-order valence-electron chi connectivity index (χ3n) is 4.41. The van der Waals surface area contributed by atoms with E-state index in [-0.39, 0.29) is 17.3 Å². The normalized spacial score (nSPS) is 14.2. The summed E-state index contributed by atoms with van der Waals surface area (Å²) in [5, 5.41) is 0. The van der Waals surface area contributed by atoms with Gasteiger partial charge in [0.05, 0.1) is 12.7 Å². The number of cyclic esters (lactones) is 1. The zero-order valence-electron chi connectivity index (χ0n) is 16.4. The lowest BCUT2D eigenvalue weighted by molar-refractivity contribution is -0.129. The molecule has 3 aromatic rings. The molecule has 3 aromatic carbocycles. The SMILES string of the molecule is COc1cc(/C=C2\N=C(c3ccc(F)cc3)OC2=O)ccc1OC(=O)c1ccccc1. The van der Waals surface area contributed by atoms with Crippen molar-refractivity contribution in [2.24, 2.45) is 4.99 Å². The van der Waals surface area contributed by atoms with Crippen molar-refractivity contribution in [2.75, 3.05) is 7.11 Å². The molecule has 1 heterocycles. The molecular formula is C24H16FNO5. The zero-order valence-corrected chi connectivity index (χ0v) is 16.4. The van der Waals surface area contributed by atoms with Crippen LogP contribution >= 0.6 is 0 Å². The van der Waals surface area contributed by atoms with Gasteiger partial charge < -0.3 is 14.2 Å². The Balaban J connectivity index is 1.57. The average molecular weight is 417 g/mol. The van der Waals surface area contributed by atoms with E-state index in [1.807, 2.05) is 0 Å². The number of nitrogens with zero attached hydrogens (tertiary/aromatic N) is 1. The lowest BCUT2D eigenvalue weighted by Crippen LogP contribution is -2.09. The molecule has 0 bridgehead atoms. The topological polar surface area (TPSA) is 74.2 Å². The Morgan fingerprint density at radius 1 is 1.00 bits per heavy atom. The molecule has 6 nitrogen and oxygen atoms in total. The van der Waals surface area contributed by atoms with Gasteiger partial charge in [-0.15, -0.1) is 0 Å². The van der Waals surface area contributed by atoms with Gasteiger partial charge in [-0.25, -0.2) is 19.0 Å². The minimum atomic E-state index is -0.627. The predicted molar refractivity (Wildman–Crippen MR) is 111 cm³/mol. The number of halogens is 1. The minimum Gasteiger partial charge on any atom is -0.493 e. The van der Waals surface area contributed by atoms with Crippen LogP contribution < -0.4 is 9.47 Å². The summed E-state index contributed by atoms with van der Waals surface area (Å²) in [5.74, 6) is -0.896. The first kappa shape index (κ1) is 20.0. The summed E-state index contributed by atoms with van der Waals surface area (Å²) in [7, 11) is 1.45. The van der Waals surface area contributed by atoms with E-state index in [2.05, 4.69) is 4.99 Å². The van der Waals surface area contributed by atoms with E-state index >= 15 is 0 Å². The molecule has 0 aromatic heterocycles. The van der Waals surface area contributed by atoms with E-state index in [1.165, 1.54) is 37.5 Å². The third-order valence-corrected chi connectivity index (χ3v) is 4.41. The van der Waals surface area contributed by atoms with Crippen LogP contribution in [-0.2, 0) is 9.53 Å². The Hall–Kier alpha value is -4.26. The van der Waals surface area contributed by atoms with E-state index in [4.69, 9.17) is 14.2 Å². The zero-order chi connectivity index (χ0) is 21.8. The summed E-state index contributed by atoms with van der Waals surface area (Å²) in [5.41, 5.74) is 1.56. The smallest absolute Gasteiger partial charge is 0.363 e. The fourth-order valence-corrected chi connectivity index (χ4v) is 2.87. The van der Waals surface area contributed by atoms with Gasteiger partial charge in [-0.1, -0.05) is 24.3 Å². The van der Waals surface area contributed by atoms with E-state index in [1.54, 1.807) is 48.5 Å². The molecule has 0 saturated heterocycles. The highest BCUT2D eigenvalue weighted by Crippen LogP contribution is 2.30. The Bertz CT molecular complexity index is 1200. The number of hydrogen-bond donors (Lipinski definition) is 0. The van der Waals surface area contributed by atoms with Crippen LogP contribution in [0.15, 0.2) is 83.5 Å².